The smallest absolute Gasteiger partial charge is 0.338 e. The van der Waals surface area contributed by atoms with Gasteiger partial charge in [0.25, 0.3) is 11.8 Å². The number of piperidine rings is 1. The maximum absolute atomic E-state index is 13.1. The second-order valence-electron chi connectivity index (χ2n) is 11.6. The van der Waals surface area contributed by atoms with E-state index in [1.807, 2.05) is 57.2 Å². The van der Waals surface area contributed by atoms with E-state index in [0.717, 1.165) is 54.4 Å². The molecule has 2 aromatic rings. The molecular formula is C30H36N4O5. The molecule has 1 atom stereocenters. The van der Waals surface area contributed by atoms with Gasteiger partial charge in [-0.1, -0.05) is 12.1 Å². The number of nitrogens with zero attached hydrogens (tertiary/aromatic N) is 4. The molecule has 0 bridgehead atoms. The molecule has 206 valence electrons. The van der Waals surface area contributed by atoms with Crippen LogP contribution in [0.2, 0.25) is 0 Å². The van der Waals surface area contributed by atoms with Crippen LogP contribution in [0.1, 0.15) is 65.5 Å². The highest BCUT2D eigenvalue weighted by atomic mass is 16.6. The van der Waals surface area contributed by atoms with Gasteiger partial charge < -0.3 is 14.5 Å². The van der Waals surface area contributed by atoms with Crippen LogP contribution in [0.3, 0.4) is 0 Å². The van der Waals surface area contributed by atoms with Crippen molar-refractivity contribution in [2.45, 2.75) is 58.3 Å². The number of likely N-dealkylation sites (tertiary alicyclic amines) is 1. The average Bonchev–Trinajstić information content (AvgIpc) is 3.22. The number of hydrogen-bond donors (Lipinski definition) is 0. The van der Waals surface area contributed by atoms with Crippen molar-refractivity contribution in [3.05, 3.63) is 64.7 Å². The molecule has 9 heteroatoms. The van der Waals surface area contributed by atoms with Gasteiger partial charge in [0.15, 0.2) is 0 Å². The monoisotopic (exact) mass is 532 g/mol. The lowest BCUT2D eigenvalue weighted by Gasteiger charge is -2.36. The molecule has 1 unspecified atom stereocenters. The third kappa shape index (κ3) is 5.68. The number of hydrogen-bond acceptors (Lipinski definition) is 7. The van der Waals surface area contributed by atoms with E-state index in [1.54, 1.807) is 4.90 Å². The van der Waals surface area contributed by atoms with Crippen LogP contribution in [-0.2, 0) is 27.4 Å². The van der Waals surface area contributed by atoms with Crippen molar-refractivity contribution < 1.29 is 23.9 Å². The molecule has 3 aliphatic rings. The largest absolute Gasteiger partial charge is 0.456 e. The number of anilines is 1. The predicted octanol–water partition coefficient (Wildman–Crippen LogP) is 3.07. The van der Waals surface area contributed by atoms with Gasteiger partial charge in [0.1, 0.15) is 11.6 Å². The maximum Gasteiger partial charge on any atom is 0.338 e. The molecule has 3 aliphatic heterocycles. The Labute approximate surface area is 229 Å². The van der Waals surface area contributed by atoms with Crippen LogP contribution in [0.15, 0.2) is 42.5 Å². The molecule has 0 radical (unpaired) electrons. The van der Waals surface area contributed by atoms with E-state index in [0.29, 0.717) is 24.1 Å². The van der Waals surface area contributed by atoms with Gasteiger partial charge in [-0.3, -0.25) is 24.2 Å². The number of fused-ring (bicyclic) bond motifs is 1. The molecule has 2 fully saturated rings. The molecule has 0 spiro atoms. The number of benzene rings is 2. The van der Waals surface area contributed by atoms with E-state index in [-0.39, 0.29) is 30.1 Å². The molecule has 2 aromatic carbocycles. The molecule has 2 saturated heterocycles. The Morgan fingerprint density at radius 3 is 2.33 bits per heavy atom. The second-order valence-corrected chi connectivity index (χ2v) is 11.6. The number of piperazine rings is 1. The zero-order valence-electron chi connectivity index (χ0n) is 23.1. The summed E-state index contributed by atoms with van der Waals surface area (Å²) in [6.07, 6.45) is 0.650. The summed E-state index contributed by atoms with van der Waals surface area (Å²) < 4.78 is 5.45. The van der Waals surface area contributed by atoms with E-state index < -0.39 is 11.6 Å². The summed E-state index contributed by atoms with van der Waals surface area (Å²) in [4.78, 5) is 57.4. The van der Waals surface area contributed by atoms with Gasteiger partial charge in [-0.2, -0.15) is 0 Å². The summed E-state index contributed by atoms with van der Waals surface area (Å²) in [5.41, 5.74) is 3.83. The Bertz CT molecular complexity index is 1290. The molecule has 0 N–H and O–H groups in total. The fraction of sp³-hybridized carbons (Fsp3) is 0.467. The SMILES string of the molecule is CN1C(=O)CCC(N2Cc3cc(N4CCN(Cc5ccc(C(=O)OC(C)(C)C)cc5)CC4)ccc3C2=O)C1=O. The molecule has 0 aromatic heterocycles. The Balaban J connectivity index is 1.16. The zero-order chi connectivity index (χ0) is 27.9. The highest BCUT2D eigenvalue weighted by Crippen LogP contribution is 2.32. The summed E-state index contributed by atoms with van der Waals surface area (Å²) in [6.45, 7) is 10.3. The Morgan fingerprint density at radius 1 is 0.974 bits per heavy atom. The van der Waals surface area contributed by atoms with Crippen LogP contribution < -0.4 is 4.90 Å². The lowest BCUT2D eigenvalue weighted by atomic mass is 10.0. The number of rotatable bonds is 5. The fourth-order valence-electron chi connectivity index (χ4n) is 5.47. The molecule has 3 heterocycles. The van der Waals surface area contributed by atoms with Crippen LogP contribution in [0, 0.1) is 0 Å². The average molecular weight is 533 g/mol. The Hall–Kier alpha value is -3.72. The Kier molecular flexibility index (Phi) is 7.20. The van der Waals surface area contributed by atoms with E-state index in [9.17, 15) is 19.2 Å². The van der Waals surface area contributed by atoms with Gasteiger partial charge >= 0.3 is 5.97 Å². The van der Waals surface area contributed by atoms with Crippen molar-refractivity contribution in [1.82, 2.24) is 14.7 Å². The van der Waals surface area contributed by atoms with Crippen LogP contribution >= 0.6 is 0 Å². The van der Waals surface area contributed by atoms with Crippen LogP contribution in [0.5, 0.6) is 0 Å². The van der Waals surface area contributed by atoms with Gasteiger partial charge in [-0.15, -0.1) is 0 Å². The standard InChI is InChI=1S/C30H36N4O5/c1-30(2,3)39-29(38)21-7-5-20(6-8-21)18-32-13-15-33(16-14-32)23-9-10-24-22(17-23)19-34(27(24)36)25-11-12-26(35)31(4)28(25)37/h5-10,17,25H,11-16,18-19H2,1-4H3. The van der Waals surface area contributed by atoms with E-state index in [1.165, 1.54) is 7.05 Å². The van der Waals surface area contributed by atoms with Crippen molar-refractivity contribution in [3.63, 3.8) is 0 Å². The molecular weight excluding hydrogens is 496 g/mol. The first-order valence-electron chi connectivity index (χ1n) is 13.5. The maximum atomic E-state index is 13.1. The van der Waals surface area contributed by atoms with Crippen LogP contribution in [-0.4, -0.2) is 83.3 Å². The van der Waals surface area contributed by atoms with E-state index >= 15 is 0 Å². The van der Waals surface area contributed by atoms with E-state index in [2.05, 4.69) is 15.9 Å². The first-order chi connectivity index (χ1) is 18.5. The molecule has 9 nitrogen and oxygen atoms in total. The quantitative estimate of drug-likeness (QED) is 0.432. The summed E-state index contributed by atoms with van der Waals surface area (Å²) >= 11 is 0. The van der Waals surface area contributed by atoms with Gasteiger partial charge in [0.05, 0.1) is 5.56 Å². The van der Waals surface area contributed by atoms with Crippen molar-refractivity contribution in [3.8, 4) is 0 Å². The molecule has 5 rings (SSSR count). The van der Waals surface area contributed by atoms with Crippen molar-refractivity contribution >= 4 is 29.4 Å². The number of carbonyl (C=O) groups is 4. The summed E-state index contributed by atoms with van der Waals surface area (Å²) in [7, 11) is 1.49. The third-order valence-corrected chi connectivity index (χ3v) is 7.65. The zero-order valence-corrected chi connectivity index (χ0v) is 23.1. The van der Waals surface area contributed by atoms with Crippen LogP contribution in [0.25, 0.3) is 0 Å². The number of amides is 3. The first kappa shape index (κ1) is 26.9. The van der Waals surface area contributed by atoms with Crippen molar-refractivity contribution in [2.24, 2.45) is 0 Å². The number of likely N-dealkylation sites (N-methyl/N-ethyl adjacent to an activating group) is 1. The minimum Gasteiger partial charge on any atom is -0.456 e. The number of ether oxygens (including phenoxy) is 1. The molecule has 0 aliphatic carbocycles. The molecule has 39 heavy (non-hydrogen) atoms. The van der Waals surface area contributed by atoms with E-state index in [4.69, 9.17) is 4.74 Å². The number of esters is 1. The highest BCUT2D eigenvalue weighted by Gasteiger charge is 2.41. The lowest BCUT2D eigenvalue weighted by molar-refractivity contribution is -0.150. The third-order valence-electron chi connectivity index (χ3n) is 7.65. The van der Waals surface area contributed by atoms with Gasteiger partial charge in [0.2, 0.25) is 5.91 Å². The Morgan fingerprint density at radius 2 is 1.67 bits per heavy atom. The normalized spacial score (nSPS) is 20.5. The van der Waals surface area contributed by atoms with Crippen LogP contribution in [0.4, 0.5) is 5.69 Å². The molecule has 0 saturated carbocycles. The van der Waals surface area contributed by atoms with Gasteiger partial charge in [-0.25, -0.2) is 4.79 Å². The van der Waals surface area contributed by atoms with Gasteiger partial charge in [0, 0.05) is 64.0 Å². The number of carbonyl (C=O) groups excluding carboxylic acids is 4. The fourth-order valence-corrected chi connectivity index (χ4v) is 5.47. The highest BCUT2D eigenvalue weighted by molar-refractivity contribution is 6.05. The van der Waals surface area contributed by atoms with Crippen molar-refractivity contribution in [2.75, 3.05) is 38.1 Å². The summed E-state index contributed by atoms with van der Waals surface area (Å²) in [5, 5.41) is 0. The van der Waals surface area contributed by atoms with Crippen molar-refractivity contribution in [1.29, 1.82) is 0 Å². The second kappa shape index (κ2) is 10.4. The lowest BCUT2D eigenvalue weighted by Crippen LogP contribution is -2.53. The first-order valence-corrected chi connectivity index (χ1v) is 13.5. The predicted molar refractivity (Wildman–Crippen MR) is 146 cm³/mol. The van der Waals surface area contributed by atoms with Gasteiger partial charge in [-0.05, 0) is 68.7 Å². The topological polar surface area (TPSA) is 90.5 Å². The summed E-state index contributed by atoms with van der Waals surface area (Å²) in [5.74, 6) is -0.947. The summed E-state index contributed by atoms with van der Waals surface area (Å²) in [6, 6.07) is 13.0. The minimum atomic E-state index is -0.585. The minimum absolute atomic E-state index is 0.139. The molecule has 3 amide bonds. The number of imide groups is 1.